The zero-order valence-electron chi connectivity index (χ0n) is 11.9. The van der Waals surface area contributed by atoms with Gasteiger partial charge in [-0.25, -0.2) is 0 Å². The summed E-state index contributed by atoms with van der Waals surface area (Å²) in [7, 11) is 1.27. The molecule has 0 bridgehead atoms. The highest BCUT2D eigenvalue weighted by Gasteiger charge is 2.32. The molecule has 2 amide bonds. The number of aryl methyl sites for hydroxylation is 1. The second-order valence-corrected chi connectivity index (χ2v) is 4.95. The number of nitrogens with zero attached hydrogens (tertiary/aromatic N) is 1. The van der Waals surface area contributed by atoms with Crippen LogP contribution >= 0.6 is 0 Å². The summed E-state index contributed by atoms with van der Waals surface area (Å²) in [4.78, 5) is 35.2. The van der Waals surface area contributed by atoms with E-state index in [9.17, 15) is 14.4 Å². The molecule has 0 saturated carbocycles. The van der Waals surface area contributed by atoms with Gasteiger partial charge in [0.25, 0.3) is 0 Å². The predicted molar refractivity (Wildman–Crippen MR) is 74.7 cm³/mol. The van der Waals surface area contributed by atoms with Crippen LogP contribution in [0, 0.1) is 5.92 Å². The quantitative estimate of drug-likeness (QED) is 0.827. The van der Waals surface area contributed by atoms with Crippen LogP contribution in [0.3, 0.4) is 0 Å². The van der Waals surface area contributed by atoms with Gasteiger partial charge in [-0.3, -0.25) is 24.8 Å². The zero-order valence-corrected chi connectivity index (χ0v) is 11.9. The number of hydrogen-bond acceptors (Lipinski definition) is 4. The molecule has 1 heterocycles. The maximum atomic E-state index is 12.1. The maximum Gasteiger partial charge on any atom is 0.311 e. The molecule has 1 aromatic carbocycles. The van der Waals surface area contributed by atoms with E-state index in [4.69, 9.17) is 0 Å². The highest BCUT2D eigenvalue weighted by Crippen LogP contribution is 2.14. The van der Waals surface area contributed by atoms with Crippen molar-refractivity contribution in [1.82, 2.24) is 10.4 Å². The van der Waals surface area contributed by atoms with Gasteiger partial charge in [0.05, 0.1) is 19.6 Å². The van der Waals surface area contributed by atoms with Crippen LogP contribution in [0.4, 0.5) is 0 Å². The van der Waals surface area contributed by atoms with Crippen molar-refractivity contribution in [2.45, 2.75) is 19.3 Å². The molecular formula is C15H18N2O4. The number of amides is 2. The first-order chi connectivity index (χ1) is 10.1. The van der Waals surface area contributed by atoms with Gasteiger partial charge in [0.2, 0.25) is 11.8 Å². The van der Waals surface area contributed by atoms with E-state index in [1.54, 1.807) is 0 Å². The van der Waals surface area contributed by atoms with Gasteiger partial charge in [-0.05, 0) is 12.0 Å². The van der Waals surface area contributed by atoms with E-state index >= 15 is 0 Å². The first kappa shape index (κ1) is 15.0. The first-order valence-corrected chi connectivity index (χ1v) is 6.81. The molecule has 1 aliphatic heterocycles. The number of hydrazine groups is 1. The fourth-order valence-corrected chi connectivity index (χ4v) is 2.27. The van der Waals surface area contributed by atoms with E-state index in [1.807, 2.05) is 30.3 Å². The summed E-state index contributed by atoms with van der Waals surface area (Å²) in [5.74, 6) is -1.61. The average Bonchev–Trinajstić information content (AvgIpc) is 2.52. The number of methoxy groups -OCH3 is 1. The Kier molecular flexibility index (Phi) is 4.92. The van der Waals surface area contributed by atoms with Crippen LogP contribution in [0.2, 0.25) is 0 Å². The Bertz CT molecular complexity index is 530. The van der Waals surface area contributed by atoms with Crippen molar-refractivity contribution in [3.63, 3.8) is 0 Å². The molecule has 0 aromatic heterocycles. The number of benzene rings is 1. The summed E-state index contributed by atoms with van der Waals surface area (Å²) in [5.41, 5.74) is 3.55. The second-order valence-electron chi connectivity index (χ2n) is 4.95. The predicted octanol–water partition coefficient (Wildman–Crippen LogP) is 0.672. The number of nitrogens with one attached hydrogen (secondary N) is 1. The van der Waals surface area contributed by atoms with Gasteiger partial charge in [0.1, 0.15) is 0 Å². The molecule has 1 unspecified atom stereocenters. The molecule has 1 atom stereocenters. The number of carbonyl (C=O) groups is 3. The number of carbonyl (C=O) groups excluding carboxylic acids is 3. The molecule has 1 saturated heterocycles. The lowest BCUT2D eigenvalue weighted by atomic mass is 10.0. The lowest BCUT2D eigenvalue weighted by Gasteiger charge is -2.31. The number of rotatable bonds is 4. The third kappa shape index (κ3) is 4.05. The van der Waals surface area contributed by atoms with Gasteiger partial charge in [0.15, 0.2) is 0 Å². The van der Waals surface area contributed by atoms with Gasteiger partial charge in [0, 0.05) is 12.8 Å². The molecule has 0 spiro atoms. The van der Waals surface area contributed by atoms with E-state index in [0.29, 0.717) is 6.42 Å². The summed E-state index contributed by atoms with van der Waals surface area (Å²) in [5, 5.41) is 1.22. The Morgan fingerprint density at radius 2 is 2.05 bits per heavy atom. The molecule has 1 aliphatic rings. The van der Waals surface area contributed by atoms with Gasteiger partial charge in [-0.1, -0.05) is 30.3 Å². The Morgan fingerprint density at radius 3 is 2.71 bits per heavy atom. The van der Waals surface area contributed by atoms with Crippen LogP contribution in [0.25, 0.3) is 0 Å². The summed E-state index contributed by atoms with van der Waals surface area (Å²) in [6.07, 6.45) is 0.919. The Morgan fingerprint density at radius 1 is 1.33 bits per heavy atom. The van der Waals surface area contributed by atoms with Crippen LogP contribution < -0.4 is 5.43 Å². The summed E-state index contributed by atoms with van der Waals surface area (Å²) in [6, 6.07) is 9.63. The highest BCUT2D eigenvalue weighted by molar-refractivity contribution is 5.88. The topological polar surface area (TPSA) is 75.7 Å². The van der Waals surface area contributed by atoms with Crippen molar-refractivity contribution in [2.75, 3.05) is 13.7 Å². The highest BCUT2D eigenvalue weighted by atomic mass is 16.5. The van der Waals surface area contributed by atoms with Crippen molar-refractivity contribution in [2.24, 2.45) is 5.92 Å². The SMILES string of the molecule is COC(=O)C1CC(=O)NN(C(=O)CCc2ccccc2)C1. The Labute approximate surface area is 123 Å². The standard InChI is InChI=1S/C15H18N2O4/c1-21-15(20)12-9-13(18)16-17(10-12)14(19)8-7-11-5-3-2-4-6-11/h2-6,12H,7-10H2,1H3,(H,16,18). The fraction of sp³-hybridized carbons (Fsp3) is 0.400. The molecule has 6 nitrogen and oxygen atoms in total. The molecule has 21 heavy (non-hydrogen) atoms. The minimum atomic E-state index is -0.593. The molecule has 1 fully saturated rings. The third-order valence-electron chi connectivity index (χ3n) is 3.40. The van der Waals surface area contributed by atoms with Crippen molar-refractivity contribution in [3.8, 4) is 0 Å². The molecule has 0 radical (unpaired) electrons. The van der Waals surface area contributed by atoms with E-state index in [1.165, 1.54) is 12.1 Å². The van der Waals surface area contributed by atoms with Crippen molar-refractivity contribution in [3.05, 3.63) is 35.9 Å². The number of esters is 1. The van der Waals surface area contributed by atoms with E-state index < -0.39 is 11.9 Å². The third-order valence-corrected chi connectivity index (χ3v) is 3.40. The van der Waals surface area contributed by atoms with Crippen LogP contribution in [0.15, 0.2) is 30.3 Å². The van der Waals surface area contributed by atoms with Crippen LogP contribution in [0.5, 0.6) is 0 Å². The molecule has 112 valence electrons. The van der Waals surface area contributed by atoms with Gasteiger partial charge < -0.3 is 4.74 Å². The van der Waals surface area contributed by atoms with Gasteiger partial charge in [-0.15, -0.1) is 0 Å². The Hall–Kier alpha value is -2.37. The van der Waals surface area contributed by atoms with Crippen molar-refractivity contribution in [1.29, 1.82) is 0 Å². The van der Waals surface area contributed by atoms with Crippen LogP contribution in [-0.4, -0.2) is 36.4 Å². The van der Waals surface area contributed by atoms with Gasteiger partial charge in [-0.2, -0.15) is 0 Å². The van der Waals surface area contributed by atoms with E-state index in [0.717, 1.165) is 5.56 Å². The lowest BCUT2D eigenvalue weighted by molar-refractivity contribution is -0.156. The molecule has 2 rings (SSSR count). The minimum Gasteiger partial charge on any atom is -0.469 e. The second kappa shape index (κ2) is 6.88. The lowest BCUT2D eigenvalue weighted by Crippen LogP contribution is -2.54. The number of ether oxygens (including phenoxy) is 1. The number of hydrogen-bond donors (Lipinski definition) is 1. The van der Waals surface area contributed by atoms with E-state index in [-0.39, 0.29) is 31.2 Å². The summed E-state index contributed by atoms with van der Waals surface area (Å²) < 4.78 is 4.64. The zero-order chi connectivity index (χ0) is 15.2. The summed E-state index contributed by atoms with van der Waals surface area (Å²) >= 11 is 0. The van der Waals surface area contributed by atoms with Crippen molar-refractivity contribution >= 4 is 17.8 Å². The van der Waals surface area contributed by atoms with Crippen LogP contribution in [-0.2, 0) is 25.5 Å². The average molecular weight is 290 g/mol. The van der Waals surface area contributed by atoms with Crippen LogP contribution in [0.1, 0.15) is 18.4 Å². The maximum absolute atomic E-state index is 12.1. The summed E-state index contributed by atoms with van der Waals surface area (Å²) in [6.45, 7) is 0.159. The smallest absolute Gasteiger partial charge is 0.311 e. The molecule has 6 heteroatoms. The fourth-order valence-electron chi connectivity index (χ4n) is 2.27. The normalized spacial score (nSPS) is 18.0. The molecule has 1 N–H and O–H groups in total. The van der Waals surface area contributed by atoms with Crippen molar-refractivity contribution < 1.29 is 19.1 Å². The monoisotopic (exact) mass is 290 g/mol. The van der Waals surface area contributed by atoms with E-state index in [2.05, 4.69) is 10.2 Å². The first-order valence-electron chi connectivity index (χ1n) is 6.81. The van der Waals surface area contributed by atoms with Gasteiger partial charge >= 0.3 is 5.97 Å². The minimum absolute atomic E-state index is 0.0507. The molecular weight excluding hydrogens is 272 g/mol. The molecule has 1 aromatic rings. The Balaban J connectivity index is 1.92. The largest absolute Gasteiger partial charge is 0.469 e. The molecule has 0 aliphatic carbocycles.